The number of nitrogens with zero attached hydrogens (tertiary/aromatic N) is 1. The van der Waals surface area contributed by atoms with Crippen LogP contribution in [-0.4, -0.2) is 29.1 Å². The lowest BCUT2D eigenvalue weighted by Gasteiger charge is -2.35. The van der Waals surface area contributed by atoms with Crippen molar-refractivity contribution in [2.24, 2.45) is 5.41 Å². The largest absolute Gasteiger partial charge is 0.396 e. The van der Waals surface area contributed by atoms with Gasteiger partial charge in [-0.25, -0.2) is 0 Å². The van der Waals surface area contributed by atoms with Crippen molar-refractivity contribution in [3.63, 3.8) is 0 Å². The topological polar surface area (TPSA) is 62.2 Å². The molecule has 0 bridgehead atoms. The lowest BCUT2D eigenvalue weighted by Crippen LogP contribution is -2.41. The number of aryl methyl sites for hydroxylation is 1. The number of aromatic nitrogens is 1. The zero-order chi connectivity index (χ0) is 13.7. The van der Waals surface area contributed by atoms with Gasteiger partial charge in [-0.3, -0.25) is 9.78 Å². The van der Waals surface area contributed by atoms with E-state index >= 15 is 0 Å². The highest BCUT2D eigenvalue weighted by atomic mass is 16.3. The number of aliphatic hydroxyl groups excluding tert-OH is 1. The number of nitrogens with one attached hydrogen (secondary N) is 1. The van der Waals surface area contributed by atoms with E-state index in [0.29, 0.717) is 12.1 Å². The molecule has 0 aromatic carbocycles. The lowest BCUT2D eigenvalue weighted by molar-refractivity contribution is 0.0717. The molecule has 0 spiro atoms. The summed E-state index contributed by atoms with van der Waals surface area (Å²) in [6, 6.07) is 3.55. The van der Waals surface area contributed by atoms with E-state index < -0.39 is 0 Å². The van der Waals surface area contributed by atoms with Gasteiger partial charge in [0.1, 0.15) is 0 Å². The van der Waals surface area contributed by atoms with Gasteiger partial charge in [0.25, 0.3) is 5.91 Å². The fourth-order valence-corrected chi connectivity index (χ4v) is 2.78. The standard InChI is InChI=1S/C15H22N2O2/c1-12-13(6-5-9-16-12)14(19)17-10-15(11-18)7-3-2-4-8-15/h5-6,9,18H,2-4,7-8,10-11H2,1H3,(H,17,19). The van der Waals surface area contributed by atoms with Crippen LogP contribution in [0.15, 0.2) is 18.3 Å². The Labute approximate surface area is 114 Å². The van der Waals surface area contributed by atoms with Gasteiger partial charge in [0.15, 0.2) is 0 Å². The first-order chi connectivity index (χ1) is 9.17. The summed E-state index contributed by atoms with van der Waals surface area (Å²) in [4.78, 5) is 16.3. The summed E-state index contributed by atoms with van der Waals surface area (Å²) in [7, 11) is 0. The predicted octanol–water partition coefficient (Wildman–Crippen LogP) is 2.06. The SMILES string of the molecule is Cc1ncccc1C(=O)NCC1(CO)CCCCC1. The molecule has 19 heavy (non-hydrogen) atoms. The third-order valence-electron chi connectivity index (χ3n) is 4.13. The maximum Gasteiger partial charge on any atom is 0.253 e. The summed E-state index contributed by atoms with van der Waals surface area (Å²) in [6.07, 6.45) is 7.19. The number of hydrogen-bond acceptors (Lipinski definition) is 3. The highest BCUT2D eigenvalue weighted by Gasteiger charge is 2.31. The minimum atomic E-state index is -0.121. The lowest BCUT2D eigenvalue weighted by atomic mass is 9.74. The Kier molecular flexibility index (Phi) is 4.53. The molecule has 1 aromatic rings. The summed E-state index contributed by atoms with van der Waals surface area (Å²) in [5.74, 6) is -0.0935. The number of aliphatic hydroxyl groups is 1. The third-order valence-corrected chi connectivity index (χ3v) is 4.13. The van der Waals surface area contributed by atoms with E-state index in [1.54, 1.807) is 18.3 Å². The Morgan fingerprint density at radius 2 is 2.16 bits per heavy atom. The van der Waals surface area contributed by atoms with E-state index in [9.17, 15) is 9.90 Å². The van der Waals surface area contributed by atoms with Crippen molar-refractivity contribution < 1.29 is 9.90 Å². The predicted molar refractivity (Wildman–Crippen MR) is 73.9 cm³/mol. The van der Waals surface area contributed by atoms with Gasteiger partial charge in [0.05, 0.1) is 12.2 Å². The molecular formula is C15H22N2O2. The molecule has 4 nitrogen and oxygen atoms in total. The van der Waals surface area contributed by atoms with Crippen LogP contribution in [0.5, 0.6) is 0 Å². The van der Waals surface area contributed by atoms with E-state index in [0.717, 1.165) is 31.4 Å². The molecule has 0 radical (unpaired) electrons. The molecule has 0 aliphatic heterocycles. The molecule has 1 heterocycles. The van der Waals surface area contributed by atoms with E-state index in [1.807, 2.05) is 6.92 Å². The first-order valence-electron chi connectivity index (χ1n) is 6.98. The van der Waals surface area contributed by atoms with Crippen LogP contribution in [0.2, 0.25) is 0 Å². The van der Waals surface area contributed by atoms with Crippen molar-refractivity contribution in [3.8, 4) is 0 Å². The molecule has 2 rings (SSSR count). The van der Waals surface area contributed by atoms with Crippen LogP contribution in [0, 0.1) is 12.3 Å². The number of carbonyl (C=O) groups is 1. The highest BCUT2D eigenvalue weighted by Crippen LogP contribution is 2.35. The van der Waals surface area contributed by atoms with Crippen LogP contribution in [0.3, 0.4) is 0 Å². The summed E-state index contributed by atoms with van der Waals surface area (Å²) >= 11 is 0. The second-order valence-electron chi connectivity index (χ2n) is 5.54. The van der Waals surface area contributed by atoms with Gasteiger partial charge in [0, 0.05) is 23.9 Å². The quantitative estimate of drug-likeness (QED) is 0.873. The van der Waals surface area contributed by atoms with Gasteiger partial charge < -0.3 is 10.4 Å². The fraction of sp³-hybridized carbons (Fsp3) is 0.600. The van der Waals surface area contributed by atoms with E-state index in [1.165, 1.54) is 6.42 Å². The molecule has 1 fully saturated rings. The molecule has 1 amide bonds. The van der Waals surface area contributed by atoms with Gasteiger partial charge in [0.2, 0.25) is 0 Å². The molecule has 0 saturated heterocycles. The van der Waals surface area contributed by atoms with Gasteiger partial charge >= 0.3 is 0 Å². The summed E-state index contributed by atoms with van der Waals surface area (Å²) in [5, 5.41) is 12.6. The van der Waals surface area contributed by atoms with E-state index in [-0.39, 0.29) is 17.9 Å². The molecule has 1 aromatic heterocycles. The number of carbonyl (C=O) groups excluding carboxylic acids is 1. The molecule has 1 aliphatic rings. The van der Waals surface area contributed by atoms with Crippen LogP contribution >= 0.6 is 0 Å². The Morgan fingerprint density at radius 3 is 2.79 bits per heavy atom. The van der Waals surface area contributed by atoms with E-state index in [4.69, 9.17) is 0 Å². The second kappa shape index (κ2) is 6.15. The zero-order valence-corrected chi connectivity index (χ0v) is 11.5. The summed E-state index contributed by atoms with van der Waals surface area (Å²) < 4.78 is 0. The Bertz CT molecular complexity index is 440. The smallest absolute Gasteiger partial charge is 0.253 e. The van der Waals surface area contributed by atoms with Gasteiger partial charge in [-0.1, -0.05) is 19.3 Å². The van der Waals surface area contributed by atoms with E-state index in [2.05, 4.69) is 10.3 Å². The van der Waals surface area contributed by atoms with Crippen molar-refractivity contribution >= 4 is 5.91 Å². The molecule has 1 aliphatic carbocycles. The normalized spacial score (nSPS) is 18.0. The van der Waals surface area contributed by atoms with Crippen molar-refractivity contribution in [2.75, 3.05) is 13.2 Å². The molecule has 104 valence electrons. The van der Waals surface area contributed by atoms with Crippen molar-refractivity contribution in [3.05, 3.63) is 29.6 Å². The second-order valence-corrected chi connectivity index (χ2v) is 5.54. The molecule has 1 saturated carbocycles. The third kappa shape index (κ3) is 3.32. The summed E-state index contributed by atoms with van der Waals surface area (Å²) in [6.45, 7) is 2.54. The van der Waals surface area contributed by atoms with Gasteiger partial charge in [-0.05, 0) is 31.9 Å². The number of pyridine rings is 1. The Balaban J connectivity index is 1.98. The molecular weight excluding hydrogens is 240 g/mol. The van der Waals surface area contributed by atoms with Crippen LogP contribution in [0.1, 0.15) is 48.2 Å². The minimum absolute atomic E-state index is 0.0935. The minimum Gasteiger partial charge on any atom is -0.396 e. The highest BCUT2D eigenvalue weighted by molar-refractivity contribution is 5.95. The number of amides is 1. The maximum atomic E-state index is 12.1. The molecule has 2 N–H and O–H groups in total. The summed E-state index contributed by atoms with van der Waals surface area (Å²) in [5.41, 5.74) is 1.23. The van der Waals surface area contributed by atoms with Gasteiger partial charge in [-0.15, -0.1) is 0 Å². The maximum absolute atomic E-state index is 12.1. The van der Waals surface area contributed by atoms with Gasteiger partial charge in [-0.2, -0.15) is 0 Å². The Morgan fingerprint density at radius 1 is 1.42 bits per heavy atom. The first kappa shape index (κ1) is 14.0. The van der Waals surface area contributed by atoms with Crippen molar-refractivity contribution in [2.45, 2.75) is 39.0 Å². The van der Waals surface area contributed by atoms with Crippen molar-refractivity contribution in [1.29, 1.82) is 0 Å². The van der Waals surface area contributed by atoms with Crippen LogP contribution < -0.4 is 5.32 Å². The molecule has 0 atom stereocenters. The van der Waals surface area contributed by atoms with Crippen LogP contribution in [0.25, 0.3) is 0 Å². The van der Waals surface area contributed by atoms with Crippen LogP contribution in [0.4, 0.5) is 0 Å². The average molecular weight is 262 g/mol. The number of hydrogen-bond donors (Lipinski definition) is 2. The molecule has 0 unspecified atom stereocenters. The zero-order valence-electron chi connectivity index (χ0n) is 11.5. The first-order valence-corrected chi connectivity index (χ1v) is 6.98. The average Bonchev–Trinajstić information content (AvgIpc) is 2.46. The number of rotatable bonds is 4. The van der Waals surface area contributed by atoms with Crippen molar-refractivity contribution in [1.82, 2.24) is 10.3 Å². The fourth-order valence-electron chi connectivity index (χ4n) is 2.78. The Hall–Kier alpha value is -1.42. The monoisotopic (exact) mass is 262 g/mol. The van der Waals surface area contributed by atoms with Crippen LogP contribution in [-0.2, 0) is 0 Å². The molecule has 4 heteroatoms.